The first-order chi connectivity index (χ1) is 8.28. The molecular weight excluding hydrogens is 214 g/mol. The van der Waals surface area contributed by atoms with Crippen LogP contribution >= 0.6 is 0 Å². The Balaban J connectivity index is 2.02. The van der Waals surface area contributed by atoms with E-state index < -0.39 is 0 Å². The molecule has 0 amide bonds. The van der Waals surface area contributed by atoms with Crippen molar-refractivity contribution in [2.24, 2.45) is 5.73 Å². The zero-order valence-electron chi connectivity index (χ0n) is 10.4. The summed E-state index contributed by atoms with van der Waals surface area (Å²) in [4.78, 5) is 8.77. The van der Waals surface area contributed by atoms with E-state index in [1.54, 1.807) is 0 Å². The number of nitrogens with two attached hydrogens (primary N) is 1. The molecular formula is C12H21N5. The third kappa shape index (κ3) is 3.56. The number of rotatable bonds is 5. The van der Waals surface area contributed by atoms with E-state index in [-0.39, 0.29) is 0 Å². The summed E-state index contributed by atoms with van der Waals surface area (Å²) < 4.78 is 0. The zero-order chi connectivity index (χ0) is 12.1. The molecule has 94 valence electrons. The molecule has 0 bridgehead atoms. The Hall–Kier alpha value is -1.36. The first-order valence-corrected chi connectivity index (χ1v) is 6.34. The van der Waals surface area contributed by atoms with Crippen LogP contribution in [0.2, 0.25) is 0 Å². The predicted molar refractivity (Wildman–Crippen MR) is 70.2 cm³/mol. The van der Waals surface area contributed by atoms with Crippen molar-refractivity contribution in [1.82, 2.24) is 9.97 Å². The van der Waals surface area contributed by atoms with Gasteiger partial charge in [0.1, 0.15) is 5.82 Å². The van der Waals surface area contributed by atoms with Gasteiger partial charge in [0.25, 0.3) is 0 Å². The molecule has 0 unspecified atom stereocenters. The standard InChI is InChI=1S/C12H21N5/c1-9-8-11(16-10-4-2-3-5-10)17-12(15-9)14-7-6-13/h8,10H,2-7,13H2,1H3,(H2,14,15,16,17). The van der Waals surface area contributed by atoms with Crippen molar-refractivity contribution >= 4 is 11.8 Å². The van der Waals surface area contributed by atoms with Crippen molar-refractivity contribution in [2.75, 3.05) is 23.7 Å². The molecule has 1 saturated carbocycles. The molecule has 5 nitrogen and oxygen atoms in total. The van der Waals surface area contributed by atoms with Crippen LogP contribution in [0.4, 0.5) is 11.8 Å². The molecule has 1 aromatic heterocycles. The number of aryl methyl sites for hydroxylation is 1. The number of nitrogens with one attached hydrogen (secondary N) is 2. The molecule has 0 aromatic carbocycles. The van der Waals surface area contributed by atoms with Crippen molar-refractivity contribution in [3.63, 3.8) is 0 Å². The maximum Gasteiger partial charge on any atom is 0.224 e. The molecule has 1 aliphatic rings. The highest BCUT2D eigenvalue weighted by Crippen LogP contribution is 2.22. The molecule has 0 saturated heterocycles. The van der Waals surface area contributed by atoms with E-state index in [4.69, 9.17) is 5.73 Å². The van der Waals surface area contributed by atoms with Gasteiger partial charge >= 0.3 is 0 Å². The first kappa shape index (κ1) is 12.1. The highest BCUT2D eigenvalue weighted by atomic mass is 15.1. The van der Waals surface area contributed by atoms with Crippen LogP contribution in [0.15, 0.2) is 6.07 Å². The minimum atomic E-state index is 0.576. The van der Waals surface area contributed by atoms with E-state index in [2.05, 4.69) is 20.6 Å². The van der Waals surface area contributed by atoms with Gasteiger partial charge in [0.2, 0.25) is 5.95 Å². The van der Waals surface area contributed by atoms with Gasteiger partial charge in [-0.2, -0.15) is 4.98 Å². The molecule has 1 aliphatic carbocycles. The second-order valence-electron chi connectivity index (χ2n) is 4.56. The van der Waals surface area contributed by atoms with Gasteiger partial charge in [-0.1, -0.05) is 12.8 Å². The van der Waals surface area contributed by atoms with Crippen LogP contribution in [0.3, 0.4) is 0 Å². The molecule has 4 N–H and O–H groups in total. The number of nitrogens with zero attached hydrogens (tertiary/aromatic N) is 2. The van der Waals surface area contributed by atoms with Gasteiger partial charge in [-0.05, 0) is 19.8 Å². The van der Waals surface area contributed by atoms with E-state index in [9.17, 15) is 0 Å². The van der Waals surface area contributed by atoms with Crippen LogP contribution in [0.5, 0.6) is 0 Å². The minimum absolute atomic E-state index is 0.576. The van der Waals surface area contributed by atoms with Crippen LogP contribution in [0.1, 0.15) is 31.4 Å². The number of hydrogen-bond donors (Lipinski definition) is 3. The van der Waals surface area contributed by atoms with Crippen LogP contribution in [0, 0.1) is 6.92 Å². The molecule has 5 heteroatoms. The quantitative estimate of drug-likeness (QED) is 0.721. The Morgan fingerprint density at radius 3 is 2.82 bits per heavy atom. The second kappa shape index (κ2) is 5.82. The Morgan fingerprint density at radius 1 is 1.35 bits per heavy atom. The Morgan fingerprint density at radius 2 is 2.12 bits per heavy atom. The fourth-order valence-electron chi connectivity index (χ4n) is 2.18. The van der Waals surface area contributed by atoms with E-state index in [1.165, 1.54) is 25.7 Å². The lowest BCUT2D eigenvalue weighted by atomic mass is 10.2. The molecule has 2 rings (SSSR count). The van der Waals surface area contributed by atoms with E-state index in [0.29, 0.717) is 25.1 Å². The largest absolute Gasteiger partial charge is 0.367 e. The van der Waals surface area contributed by atoms with Gasteiger partial charge < -0.3 is 16.4 Å². The molecule has 17 heavy (non-hydrogen) atoms. The maximum atomic E-state index is 5.45. The van der Waals surface area contributed by atoms with Gasteiger partial charge in [-0.15, -0.1) is 0 Å². The summed E-state index contributed by atoms with van der Waals surface area (Å²) >= 11 is 0. The van der Waals surface area contributed by atoms with Gasteiger partial charge in [0, 0.05) is 30.9 Å². The smallest absolute Gasteiger partial charge is 0.224 e. The molecule has 1 fully saturated rings. The highest BCUT2D eigenvalue weighted by molar-refractivity contribution is 5.43. The summed E-state index contributed by atoms with van der Waals surface area (Å²) in [5.74, 6) is 1.58. The van der Waals surface area contributed by atoms with Crippen LogP contribution in [-0.2, 0) is 0 Å². The third-order valence-corrected chi connectivity index (χ3v) is 2.99. The third-order valence-electron chi connectivity index (χ3n) is 2.99. The zero-order valence-corrected chi connectivity index (χ0v) is 10.4. The van der Waals surface area contributed by atoms with Crippen molar-refractivity contribution in [3.8, 4) is 0 Å². The van der Waals surface area contributed by atoms with E-state index in [1.807, 2.05) is 13.0 Å². The number of hydrogen-bond acceptors (Lipinski definition) is 5. The van der Waals surface area contributed by atoms with Crippen LogP contribution in [0.25, 0.3) is 0 Å². The normalized spacial score (nSPS) is 16.1. The van der Waals surface area contributed by atoms with Crippen molar-refractivity contribution in [2.45, 2.75) is 38.6 Å². The van der Waals surface area contributed by atoms with Crippen LogP contribution < -0.4 is 16.4 Å². The van der Waals surface area contributed by atoms with Gasteiger partial charge in [0.05, 0.1) is 0 Å². The topological polar surface area (TPSA) is 75.9 Å². The lowest BCUT2D eigenvalue weighted by molar-refractivity contribution is 0.749. The second-order valence-corrected chi connectivity index (χ2v) is 4.56. The maximum absolute atomic E-state index is 5.45. The summed E-state index contributed by atoms with van der Waals surface area (Å²) in [6, 6.07) is 2.57. The highest BCUT2D eigenvalue weighted by Gasteiger charge is 2.15. The lowest BCUT2D eigenvalue weighted by Gasteiger charge is -2.14. The molecule has 0 aliphatic heterocycles. The minimum Gasteiger partial charge on any atom is -0.367 e. The van der Waals surface area contributed by atoms with Crippen molar-refractivity contribution < 1.29 is 0 Å². The van der Waals surface area contributed by atoms with Gasteiger partial charge in [-0.3, -0.25) is 0 Å². The summed E-state index contributed by atoms with van der Waals surface area (Å²) in [5.41, 5.74) is 6.42. The monoisotopic (exact) mass is 235 g/mol. The van der Waals surface area contributed by atoms with E-state index in [0.717, 1.165) is 11.5 Å². The molecule has 1 heterocycles. The Labute approximate surface area is 102 Å². The average Bonchev–Trinajstić information content (AvgIpc) is 2.78. The van der Waals surface area contributed by atoms with Crippen molar-refractivity contribution in [3.05, 3.63) is 11.8 Å². The molecule has 0 spiro atoms. The van der Waals surface area contributed by atoms with Crippen LogP contribution in [-0.4, -0.2) is 29.1 Å². The Bertz CT molecular complexity index is 360. The molecule has 1 aromatic rings. The Kier molecular flexibility index (Phi) is 4.14. The average molecular weight is 235 g/mol. The number of anilines is 2. The summed E-state index contributed by atoms with van der Waals surface area (Å²) in [5, 5.41) is 6.59. The fourth-order valence-corrected chi connectivity index (χ4v) is 2.18. The molecule has 0 radical (unpaired) electrons. The SMILES string of the molecule is Cc1cc(NC2CCCC2)nc(NCCN)n1. The van der Waals surface area contributed by atoms with E-state index >= 15 is 0 Å². The van der Waals surface area contributed by atoms with Crippen molar-refractivity contribution in [1.29, 1.82) is 0 Å². The fraction of sp³-hybridized carbons (Fsp3) is 0.667. The molecule has 0 atom stereocenters. The van der Waals surface area contributed by atoms with Gasteiger partial charge in [0.15, 0.2) is 0 Å². The summed E-state index contributed by atoms with van der Waals surface area (Å²) in [6.45, 7) is 3.27. The predicted octanol–water partition coefficient (Wildman–Crippen LogP) is 1.51. The summed E-state index contributed by atoms with van der Waals surface area (Å²) in [6.07, 6.45) is 5.13. The first-order valence-electron chi connectivity index (χ1n) is 6.34. The summed E-state index contributed by atoms with van der Waals surface area (Å²) in [7, 11) is 0. The number of aromatic nitrogens is 2. The van der Waals surface area contributed by atoms with Gasteiger partial charge in [-0.25, -0.2) is 4.98 Å². The lowest BCUT2D eigenvalue weighted by Crippen LogP contribution is -2.18.